The summed E-state index contributed by atoms with van der Waals surface area (Å²) in [6, 6.07) is 17.5. The van der Waals surface area contributed by atoms with Crippen molar-refractivity contribution in [2.45, 2.75) is 25.9 Å². The smallest absolute Gasteiger partial charge is 0.276 e. The van der Waals surface area contributed by atoms with Crippen molar-refractivity contribution in [3.63, 3.8) is 0 Å². The first-order valence-electron chi connectivity index (χ1n) is 9.41. The summed E-state index contributed by atoms with van der Waals surface area (Å²) in [5.41, 5.74) is 3.85. The monoisotopic (exact) mass is 389 g/mol. The number of aromatic nitrogens is 2. The Morgan fingerprint density at radius 2 is 1.93 bits per heavy atom. The fraction of sp³-hybridized carbons (Fsp3) is 0.227. The van der Waals surface area contributed by atoms with E-state index in [1.54, 1.807) is 27.8 Å². The van der Waals surface area contributed by atoms with E-state index in [-0.39, 0.29) is 17.8 Å². The van der Waals surface area contributed by atoms with E-state index in [0.29, 0.717) is 30.9 Å². The van der Waals surface area contributed by atoms with Crippen LogP contribution in [0, 0.1) is 17.1 Å². The second-order valence-corrected chi connectivity index (χ2v) is 7.09. The van der Waals surface area contributed by atoms with Gasteiger partial charge in [0.05, 0.1) is 30.8 Å². The lowest BCUT2D eigenvalue weighted by Crippen LogP contribution is -2.42. The number of fused-ring (bicyclic) bond motifs is 1. The number of rotatable bonds is 5. The number of hydrogen-bond acceptors (Lipinski definition) is 4. The van der Waals surface area contributed by atoms with E-state index in [9.17, 15) is 9.18 Å². The van der Waals surface area contributed by atoms with Crippen molar-refractivity contribution in [3.05, 3.63) is 77.4 Å². The van der Waals surface area contributed by atoms with E-state index in [1.165, 1.54) is 12.1 Å². The average Bonchev–Trinajstić information content (AvgIpc) is 3.17. The molecule has 3 aromatic rings. The molecule has 1 aromatic heterocycles. The lowest BCUT2D eigenvalue weighted by molar-refractivity contribution is 0.0953. The van der Waals surface area contributed by atoms with Crippen LogP contribution in [0.3, 0.4) is 0 Å². The zero-order chi connectivity index (χ0) is 20.4. The van der Waals surface area contributed by atoms with E-state index >= 15 is 0 Å². The molecule has 7 heteroatoms. The van der Waals surface area contributed by atoms with Crippen molar-refractivity contribution >= 4 is 17.3 Å². The SMILES string of the molecule is CC1CN(c2ccc(F)cc2)C(=O)c2cc(CNc3ccc(CC#N)cc3)nn21. The number of halogens is 1. The third-order valence-corrected chi connectivity index (χ3v) is 4.96. The molecular formula is C22H20FN5O. The molecule has 0 saturated carbocycles. The molecule has 1 unspecified atom stereocenters. The summed E-state index contributed by atoms with van der Waals surface area (Å²) in [7, 11) is 0. The van der Waals surface area contributed by atoms with Gasteiger partial charge in [-0.05, 0) is 55.0 Å². The maximum atomic E-state index is 13.2. The Morgan fingerprint density at radius 3 is 2.62 bits per heavy atom. The fourth-order valence-corrected chi connectivity index (χ4v) is 3.46. The standard InChI is InChI=1S/C22H20FN5O/c1-15-14-27(20-8-4-17(23)5-9-20)22(29)21-12-19(26-28(15)21)13-25-18-6-2-16(3-7-18)10-11-24/h2-9,12,15,25H,10,13-14H2,1H3. The lowest BCUT2D eigenvalue weighted by Gasteiger charge is -2.31. The Bertz CT molecular complexity index is 1070. The van der Waals surface area contributed by atoms with Gasteiger partial charge in [0.2, 0.25) is 0 Å². The summed E-state index contributed by atoms with van der Waals surface area (Å²) in [5.74, 6) is -0.473. The topological polar surface area (TPSA) is 74.0 Å². The first-order chi connectivity index (χ1) is 14.0. The molecular weight excluding hydrogens is 369 g/mol. The van der Waals surface area contributed by atoms with Crippen LogP contribution >= 0.6 is 0 Å². The zero-order valence-electron chi connectivity index (χ0n) is 16.0. The van der Waals surface area contributed by atoms with Crippen molar-refractivity contribution in [2.24, 2.45) is 0 Å². The Morgan fingerprint density at radius 1 is 1.21 bits per heavy atom. The highest BCUT2D eigenvalue weighted by Gasteiger charge is 2.31. The van der Waals surface area contributed by atoms with Gasteiger partial charge in [-0.2, -0.15) is 10.4 Å². The van der Waals surface area contributed by atoms with Crippen LogP contribution in [0.2, 0.25) is 0 Å². The number of nitrogens with one attached hydrogen (secondary N) is 1. The van der Waals surface area contributed by atoms with Gasteiger partial charge in [0, 0.05) is 17.9 Å². The van der Waals surface area contributed by atoms with Gasteiger partial charge in [0.15, 0.2) is 0 Å². The average molecular weight is 389 g/mol. The van der Waals surface area contributed by atoms with Crippen LogP contribution < -0.4 is 10.2 Å². The predicted molar refractivity (Wildman–Crippen MR) is 108 cm³/mol. The maximum Gasteiger partial charge on any atom is 0.276 e. The van der Waals surface area contributed by atoms with Crippen LogP contribution in [0.15, 0.2) is 54.6 Å². The molecule has 1 amide bonds. The zero-order valence-corrected chi connectivity index (χ0v) is 16.0. The molecule has 0 aliphatic carbocycles. The summed E-state index contributed by atoms with van der Waals surface area (Å²) in [6.07, 6.45) is 0.388. The summed E-state index contributed by atoms with van der Waals surface area (Å²) in [6.45, 7) is 2.96. The van der Waals surface area contributed by atoms with Gasteiger partial charge in [-0.15, -0.1) is 0 Å². The van der Waals surface area contributed by atoms with Crippen LogP contribution in [0.1, 0.15) is 34.7 Å². The van der Waals surface area contributed by atoms with E-state index in [4.69, 9.17) is 5.26 Å². The van der Waals surface area contributed by atoms with Crippen LogP contribution in [0.5, 0.6) is 0 Å². The summed E-state index contributed by atoms with van der Waals surface area (Å²) >= 11 is 0. The van der Waals surface area contributed by atoms with E-state index < -0.39 is 0 Å². The highest BCUT2D eigenvalue weighted by molar-refractivity contribution is 6.05. The third kappa shape index (κ3) is 3.83. The molecule has 1 aliphatic rings. The number of carbonyl (C=O) groups excluding carboxylic acids is 1. The maximum absolute atomic E-state index is 13.2. The number of nitriles is 1. The van der Waals surface area contributed by atoms with Crippen molar-refractivity contribution in [1.29, 1.82) is 5.26 Å². The van der Waals surface area contributed by atoms with Gasteiger partial charge in [-0.1, -0.05) is 12.1 Å². The molecule has 2 heterocycles. The fourth-order valence-electron chi connectivity index (χ4n) is 3.46. The van der Waals surface area contributed by atoms with Crippen molar-refractivity contribution in [3.8, 4) is 6.07 Å². The number of benzene rings is 2. The molecule has 0 radical (unpaired) electrons. The third-order valence-electron chi connectivity index (χ3n) is 4.96. The minimum Gasteiger partial charge on any atom is -0.379 e. The minimum absolute atomic E-state index is 0.00627. The molecule has 4 rings (SSSR count). The number of nitrogens with zero attached hydrogens (tertiary/aromatic N) is 4. The summed E-state index contributed by atoms with van der Waals surface area (Å²) in [5, 5.41) is 16.6. The second-order valence-electron chi connectivity index (χ2n) is 7.09. The normalized spacial score (nSPS) is 15.7. The molecule has 1 N–H and O–H groups in total. The van der Waals surface area contributed by atoms with Crippen molar-refractivity contribution < 1.29 is 9.18 Å². The van der Waals surface area contributed by atoms with E-state index in [1.807, 2.05) is 31.2 Å². The molecule has 0 saturated heterocycles. The van der Waals surface area contributed by atoms with Crippen LogP contribution in [0.4, 0.5) is 15.8 Å². The molecule has 2 aromatic carbocycles. The lowest BCUT2D eigenvalue weighted by atomic mass is 10.1. The number of carbonyl (C=O) groups is 1. The molecule has 1 atom stereocenters. The van der Waals surface area contributed by atoms with Crippen molar-refractivity contribution in [1.82, 2.24) is 9.78 Å². The van der Waals surface area contributed by atoms with E-state index in [0.717, 1.165) is 16.9 Å². The van der Waals surface area contributed by atoms with Gasteiger partial charge in [-0.25, -0.2) is 4.39 Å². The minimum atomic E-state index is -0.328. The first-order valence-corrected chi connectivity index (χ1v) is 9.41. The molecule has 6 nitrogen and oxygen atoms in total. The van der Waals surface area contributed by atoms with Gasteiger partial charge in [0.1, 0.15) is 11.5 Å². The molecule has 29 heavy (non-hydrogen) atoms. The number of amides is 1. The largest absolute Gasteiger partial charge is 0.379 e. The highest BCUT2D eigenvalue weighted by Crippen LogP contribution is 2.27. The Kier molecular flexibility index (Phi) is 5.00. The summed E-state index contributed by atoms with van der Waals surface area (Å²) < 4.78 is 15.0. The van der Waals surface area contributed by atoms with Crippen LogP contribution in [-0.4, -0.2) is 22.2 Å². The first kappa shape index (κ1) is 18.7. The number of anilines is 2. The molecule has 146 valence electrons. The quantitative estimate of drug-likeness (QED) is 0.718. The van der Waals surface area contributed by atoms with Crippen LogP contribution in [-0.2, 0) is 13.0 Å². The molecule has 1 aliphatic heterocycles. The van der Waals surface area contributed by atoms with Crippen LogP contribution in [0.25, 0.3) is 0 Å². The number of hydrogen-bond donors (Lipinski definition) is 1. The van der Waals surface area contributed by atoms with Gasteiger partial charge in [0.25, 0.3) is 5.91 Å². The predicted octanol–water partition coefficient (Wildman–Crippen LogP) is 3.92. The Labute approximate surface area is 168 Å². The van der Waals surface area contributed by atoms with Crippen molar-refractivity contribution in [2.75, 3.05) is 16.8 Å². The van der Waals surface area contributed by atoms with Gasteiger partial charge < -0.3 is 10.2 Å². The highest BCUT2D eigenvalue weighted by atomic mass is 19.1. The van der Waals surface area contributed by atoms with Gasteiger partial charge in [-0.3, -0.25) is 9.48 Å². The summed E-state index contributed by atoms with van der Waals surface area (Å²) in [4.78, 5) is 14.6. The van der Waals surface area contributed by atoms with Gasteiger partial charge >= 0.3 is 0 Å². The molecule has 0 bridgehead atoms. The molecule has 0 fully saturated rings. The molecule has 0 spiro atoms. The Balaban J connectivity index is 1.50. The van der Waals surface area contributed by atoms with E-state index in [2.05, 4.69) is 16.5 Å². The second kappa shape index (κ2) is 7.76. The Hall–Kier alpha value is -3.66.